The Labute approximate surface area is 285 Å². The summed E-state index contributed by atoms with van der Waals surface area (Å²) in [5.74, 6) is 0. The van der Waals surface area contributed by atoms with E-state index < -0.39 is 0 Å². The quantitative estimate of drug-likeness (QED) is 0.169. The molecule has 0 spiro atoms. The molecule has 0 saturated heterocycles. The molecule has 0 unspecified atom stereocenters. The molecule has 2 nitrogen and oxygen atoms in total. The number of rotatable bonds is 6. The molecule has 0 aromatic heterocycles. The summed E-state index contributed by atoms with van der Waals surface area (Å²) in [5.41, 5.74) is 6.69. The first-order chi connectivity index (χ1) is 22.6. The second-order valence-electron chi connectivity index (χ2n) is 11.3. The van der Waals surface area contributed by atoms with Crippen molar-refractivity contribution in [1.29, 1.82) is 0 Å². The van der Waals surface area contributed by atoms with Gasteiger partial charge in [0.1, 0.15) is 0 Å². The monoisotopic (exact) mass is 718 g/mol. The molecule has 0 amide bonds. The number of para-hydroxylation sites is 2. The molecule has 0 N–H and O–H groups in total. The second kappa shape index (κ2) is 12.1. The van der Waals surface area contributed by atoms with Gasteiger partial charge in [0.15, 0.2) is 0 Å². The topological polar surface area (TPSA) is 6.48 Å². The maximum Gasteiger partial charge on any atom is 0.0540 e. The van der Waals surface area contributed by atoms with Crippen molar-refractivity contribution in [3.63, 3.8) is 0 Å². The zero-order valence-corrected chi connectivity index (χ0v) is 28.0. The molecule has 0 heterocycles. The Hall–Kier alpha value is -4.90. The van der Waals surface area contributed by atoms with Crippen molar-refractivity contribution in [2.75, 3.05) is 9.80 Å². The Bertz CT molecular complexity index is 2190. The van der Waals surface area contributed by atoms with Crippen molar-refractivity contribution in [3.05, 3.63) is 179 Å². The van der Waals surface area contributed by atoms with E-state index in [2.05, 4.69) is 212 Å². The summed E-state index contributed by atoms with van der Waals surface area (Å²) in [5, 5.41) is 7.14. The maximum absolute atomic E-state index is 3.63. The molecular weight excluding hydrogens is 692 g/mol. The zero-order chi connectivity index (χ0) is 31.0. The Morgan fingerprint density at radius 1 is 0.304 bits per heavy atom. The normalized spacial score (nSPS) is 11.3. The first-order valence-corrected chi connectivity index (χ1v) is 16.8. The molecule has 4 heteroatoms. The molecule has 0 saturated carbocycles. The van der Waals surface area contributed by atoms with Gasteiger partial charge in [-0.1, -0.05) is 117 Å². The lowest BCUT2D eigenvalue weighted by atomic mass is 10.0. The van der Waals surface area contributed by atoms with Crippen LogP contribution in [0.5, 0.6) is 0 Å². The minimum absolute atomic E-state index is 1.08. The van der Waals surface area contributed by atoms with Crippen LogP contribution in [0.15, 0.2) is 179 Å². The van der Waals surface area contributed by atoms with Gasteiger partial charge in [-0.3, -0.25) is 0 Å². The van der Waals surface area contributed by atoms with Gasteiger partial charge in [-0.15, -0.1) is 0 Å². The van der Waals surface area contributed by atoms with E-state index in [0.29, 0.717) is 0 Å². The fraction of sp³-hybridized carbons (Fsp3) is 0. The number of hydrogen-bond donors (Lipinski definition) is 0. The van der Waals surface area contributed by atoms with Gasteiger partial charge in [0.2, 0.25) is 0 Å². The highest BCUT2D eigenvalue weighted by atomic mass is 79.9. The van der Waals surface area contributed by atoms with Crippen molar-refractivity contribution in [1.82, 2.24) is 0 Å². The van der Waals surface area contributed by atoms with E-state index in [1.165, 1.54) is 32.3 Å². The lowest BCUT2D eigenvalue weighted by Gasteiger charge is -2.30. The van der Waals surface area contributed by atoms with E-state index in [1.807, 2.05) is 0 Å². The third-order valence-electron chi connectivity index (χ3n) is 8.47. The van der Waals surface area contributed by atoms with Gasteiger partial charge < -0.3 is 9.80 Å². The molecule has 0 aliphatic heterocycles. The number of hydrogen-bond acceptors (Lipinski definition) is 2. The van der Waals surface area contributed by atoms with Gasteiger partial charge in [-0.05, 0) is 106 Å². The Balaban J connectivity index is 1.34. The highest BCUT2D eigenvalue weighted by molar-refractivity contribution is 9.10. The number of benzene rings is 8. The van der Waals surface area contributed by atoms with E-state index in [4.69, 9.17) is 0 Å². The molecule has 8 aromatic rings. The van der Waals surface area contributed by atoms with E-state index in [1.54, 1.807) is 0 Å². The summed E-state index contributed by atoms with van der Waals surface area (Å²) in [6, 6.07) is 60.8. The third-order valence-corrected chi connectivity index (χ3v) is 9.46. The minimum atomic E-state index is 1.08. The second-order valence-corrected chi connectivity index (χ2v) is 13.2. The van der Waals surface area contributed by atoms with Crippen molar-refractivity contribution >= 4 is 98.3 Å². The average molecular weight is 721 g/mol. The van der Waals surface area contributed by atoms with Crippen molar-refractivity contribution in [2.45, 2.75) is 0 Å². The SMILES string of the molecule is Brc1ccc2cc(N(c3ccccc3)c3cccc4c(N(c5ccccc5)c5ccc6cc(Br)ccc6c5)cccc34)ccc2c1. The molecule has 8 aromatic carbocycles. The number of halogens is 2. The Morgan fingerprint density at radius 2 is 0.696 bits per heavy atom. The van der Waals surface area contributed by atoms with Crippen LogP contribution in [-0.2, 0) is 0 Å². The van der Waals surface area contributed by atoms with E-state index in [0.717, 1.165) is 43.1 Å². The summed E-state index contributed by atoms with van der Waals surface area (Å²) < 4.78 is 2.16. The fourth-order valence-electron chi connectivity index (χ4n) is 6.36. The number of nitrogens with zero attached hydrogens (tertiary/aromatic N) is 2. The molecule has 0 aliphatic rings. The van der Waals surface area contributed by atoms with Gasteiger partial charge >= 0.3 is 0 Å². The van der Waals surface area contributed by atoms with E-state index in [-0.39, 0.29) is 0 Å². The molecule has 8 rings (SSSR count). The summed E-state index contributed by atoms with van der Waals surface area (Å²) in [4.78, 5) is 4.74. The predicted octanol–water partition coefficient (Wildman–Crippen LogP) is 13.6. The summed E-state index contributed by atoms with van der Waals surface area (Å²) in [7, 11) is 0. The van der Waals surface area contributed by atoms with Gasteiger partial charge in [0.25, 0.3) is 0 Å². The molecular formula is C42H28Br2N2. The van der Waals surface area contributed by atoms with Gasteiger partial charge in [-0.25, -0.2) is 0 Å². The summed E-state index contributed by atoms with van der Waals surface area (Å²) >= 11 is 7.26. The molecule has 0 atom stereocenters. The Morgan fingerprint density at radius 3 is 1.13 bits per heavy atom. The lowest BCUT2D eigenvalue weighted by Crippen LogP contribution is -2.12. The smallest absolute Gasteiger partial charge is 0.0540 e. The van der Waals surface area contributed by atoms with E-state index in [9.17, 15) is 0 Å². The number of fused-ring (bicyclic) bond motifs is 3. The average Bonchev–Trinajstić information content (AvgIpc) is 3.10. The van der Waals surface area contributed by atoms with Gasteiger partial charge in [0.05, 0.1) is 11.4 Å². The first-order valence-electron chi connectivity index (χ1n) is 15.2. The third kappa shape index (κ3) is 5.34. The summed E-state index contributed by atoms with van der Waals surface area (Å²) in [6.07, 6.45) is 0. The van der Waals surface area contributed by atoms with Crippen LogP contribution < -0.4 is 9.80 Å². The number of anilines is 6. The van der Waals surface area contributed by atoms with Crippen LogP contribution in [-0.4, -0.2) is 0 Å². The predicted molar refractivity (Wildman–Crippen MR) is 204 cm³/mol. The lowest BCUT2D eigenvalue weighted by molar-refractivity contribution is 1.29. The standard InChI is InChI=1S/C42H28Br2N2/c43-33-21-17-31-27-37(23-19-29(31)25-33)45(35-9-3-1-4-10-35)41-15-7-14-40-39(41)13-8-16-42(40)46(36-11-5-2-6-12-36)38-24-20-30-26-34(44)22-18-32(30)28-38/h1-28H. The molecule has 0 aliphatic carbocycles. The molecule has 0 radical (unpaired) electrons. The highest BCUT2D eigenvalue weighted by Gasteiger charge is 2.20. The summed E-state index contributed by atoms with van der Waals surface area (Å²) in [6.45, 7) is 0. The van der Waals surface area contributed by atoms with Crippen LogP contribution in [0.4, 0.5) is 34.1 Å². The molecule has 0 fully saturated rings. The Kier molecular flexibility index (Phi) is 7.53. The largest absolute Gasteiger partial charge is 0.310 e. The molecule has 46 heavy (non-hydrogen) atoms. The van der Waals surface area contributed by atoms with Crippen LogP contribution in [0.1, 0.15) is 0 Å². The van der Waals surface area contributed by atoms with Crippen molar-refractivity contribution < 1.29 is 0 Å². The van der Waals surface area contributed by atoms with Crippen LogP contribution >= 0.6 is 31.9 Å². The van der Waals surface area contributed by atoms with E-state index >= 15 is 0 Å². The zero-order valence-electron chi connectivity index (χ0n) is 24.8. The van der Waals surface area contributed by atoms with Gasteiger partial charge in [-0.2, -0.15) is 0 Å². The minimum Gasteiger partial charge on any atom is -0.310 e. The molecule has 220 valence electrons. The molecule has 0 bridgehead atoms. The van der Waals surface area contributed by atoms with Crippen LogP contribution in [0.3, 0.4) is 0 Å². The fourth-order valence-corrected chi connectivity index (χ4v) is 7.12. The van der Waals surface area contributed by atoms with Crippen LogP contribution in [0, 0.1) is 0 Å². The first kappa shape index (κ1) is 28.6. The van der Waals surface area contributed by atoms with Gasteiger partial charge in [0, 0.05) is 42.5 Å². The van der Waals surface area contributed by atoms with Crippen LogP contribution in [0.2, 0.25) is 0 Å². The maximum atomic E-state index is 3.63. The highest BCUT2D eigenvalue weighted by Crippen LogP contribution is 2.45. The van der Waals surface area contributed by atoms with Crippen LogP contribution in [0.25, 0.3) is 32.3 Å². The van der Waals surface area contributed by atoms with Crippen molar-refractivity contribution in [3.8, 4) is 0 Å². The van der Waals surface area contributed by atoms with Crippen molar-refractivity contribution in [2.24, 2.45) is 0 Å².